The van der Waals surface area contributed by atoms with Gasteiger partial charge in [-0.1, -0.05) is 18.2 Å². The summed E-state index contributed by atoms with van der Waals surface area (Å²) in [6.45, 7) is 2.64. The molecule has 0 unspecified atom stereocenters. The number of hydrogen-bond donors (Lipinski definition) is 1. The van der Waals surface area contributed by atoms with E-state index >= 15 is 0 Å². The summed E-state index contributed by atoms with van der Waals surface area (Å²) in [7, 11) is 5.15. The van der Waals surface area contributed by atoms with Gasteiger partial charge in [0.25, 0.3) is 5.56 Å². The van der Waals surface area contributed by atoms with E-state index in [2.05, 4.69) is 4.90 Å². The van der Waals surface area contributed by atoms with E-state index in [0.29, 0.717) is 23.8 Å². The fourth-order valence-electron chi connectivity index (χ4n) is 6.36. The quantitative estimate of drug-likeness (QED) is 0.680. The molecule has 1 amide bonds. The van der Waals surface area contributed by atoms with E-state index < -0.39 is 6.04 Å². The highest BCUT2D eigenvalue weighted by atomic mass is 16.5. The Bertz CT molecular complexity index is 1140. The van der Waals surface area contributed by atoms with Crippen LogP contribution in [-0.2, 0) is 16.1 Å². The molecule has 188 valence electrons. The van der Waals surface area contributed by atoms with Gasteiger partial charge < -0.3 is 24.0 Å². The van der Waals surface area contributed by atoms with Gasteiger partial charge in [-0.15, -0.1) is 0 Å². The van der Waals surface area contributed by atoms with E-state index in [1.165, 1.54) is 0 Å². The van der Waals surface area contributed by atoms with E-state index in [0.717, 1.165) is 43.9 Å². The van der Waals surface area contributed by atoms with E-state index in [1.54, 1.807) is 26.1 Å². The lowest BCUT2D eigenvalue weighted by Crippen LogP contribution is -2.49. The predicted molar refractivity (Wildman–Crippen MR) is 132 cm³/mol. The Morgan fingerprint density at radius 3 is 2.57 bits per heavy atom. The van der Waals surface area contributed by atoms with Crippen molar-refractivity contribution in [1.29, 1.82) is 0 Å². The van der Waals surface area contributed by atoms with Crippen molar-refractivity contribution >= 4 is 5.91 Å². The number of amides is 1. The molecule has 3 aliphatic rings. The monoisotopic (exact) mass is 481 g/mol. The van der Waals surface area contributed by atoms with Gasteiger partial charge in [0.05, 0.1) is 24.8 Å². The fourth-order valence-corrected chi connectivity index (χ4v) is 6.36. The molecule has 0 aliphatic carbocycles. The molecule has 8 heteroatoms. The van der Waals surface area contributed by atoms with Gasteiger partial charge in [0.2, 0.25) is 5.91 Å². The predicted octanol–water partition coefficient (Wildman–Crippen LogP) is 2.00. The zero-order valence-corrected chi connectivity index (χ0v) is 20.7. The van der Waals surface area contributed by atoms with Crippen molar-refractivity contribution < 1.29 is 19.4 Å². The molecule has 5 rings (SSSR count). The fraction of sp³-hybridized carbons (Fsp3) is 0.556. The van der Waals surface area contributed by atoms with Crippen molar-refractivity contribution in [1.82, 2.24) is 14.4 Å². The molecule has 35 heavy (non-hydrogen) atoms. The number of carbonyl (C=O) groups is 1. The maximum absolute atomic E-state index is 13.7. The van der Waals surface area contributed by atoms with Gasteiger partial charge in [-0.2, -0.15) is 0 Å². The van der Waals surface area contributed by atoms with Gasteiger partial charge in [0.1, 0.15) is 5.75 Å². The number of ether oxygens (including phenoxy) is 2. The Hall–Kier alpha value is -2.68. The third-order valence-corrected chi connectivity index (χ3v) is 8.09. The van der Waals surface area contributed by atoms with Gasteiger partial charge in [-0.05, 0) is 37.0 Å². The lowest BCUT2D eigenvalue weighted by Gasteiger charge is -2.36. The highest BCUT2D eigenvalue weighted by Crippen LogP contribution is 2.50. The van der Waals surface area contributed by atoms with E-state index in [9.17, 15) is 14.7 Å². The summed E-state index contributed by atoms with van der Waals surface area (Å²) < 4.78 is 12.9. The van der Waals surface area contributed by atoms with Crippen molar-refractivity contribution in [2.45, 2.75) is 31.5 Å². The number of methoxy groups -OCH3 is 1. The Morgan fingerprint density at radius 1 is 1.14 bits per heavy atom. The molecular formula is C27H35N3O5. The van der Waals surface area contributed by atoms with Crippen molar-refractivity contribution in [2.24, 2.45) is 17.8 Å². The molecule has 4 heterocycles. The first-order chi connectivity index (χ1) is 17.0. The molecule has 3 aliphatic heterocycles. The molecule has 0 bridgehead atoms. The standard InChI is InChI=1S/C27H35N3O5/c1-28(2)27(33)25-21(16-31)20-15-29-22(24(20)30(25)14-17-10-12-35-13-11-17)9-8-19(26(29)32)18-6-4-5-7-23(18)34-3/h4-9,17,20-21,24-25,31H,10-16H2,1-3H3/t20-,21-,24+,25-/m0/s1. The van der Waals surface area contributed by atoms with Gasteiger partial charge in [-0.25, -0.2) is 0 Å². The van der Waals surface area contributed by atoms with Crippen LogP contribution in [0.3, 0.4) is 0 Å². The molecule has 0 radical (unpaired) electrons. The smallest absolute Gasteiger partial charge is 0.258 e. The van der Waals surface area contributed by atoms with Crippen molar-refractivity contribution in [3.63, 3.8) is 0 Å². The van der Waals surface area contributed by atoms with Crippen LogP contribution >= 0.6 is 0 Å². The summed E-state index contributed by atoms with van der Waals surface area (Å²) >= 11 is 0. The van der Waals surface area contributed by atoms with E-state index in [4.69, 9.17) is 9.47 Å². The van der Waals surface area contributed by atoms with Crippen molar-refractivity contribution in [2.75, 3.05) is 47.6 Å². The number of rotatable bonds is 6. The van der Waals surface area contributed by atoms with E-state index in [1.807, 2.05) is 41.0 Å². The third-order valence-electron chi connectivity index (χ3n) is 8.09. The number of para-hydroxylation sites is 1. The topological polar surface area (TPSA) is 84.2 Å². The molecule has 2 fully saturated rings. The molecule has 2 aromatic rings. The third kappa shape index (κ3) is 4.07. The summed E-state index contributed by atoms with van der Waals surface area (Å²) in [6.07, 6.45) is 1.92. The maximum atomic E-state index is 13.7. The van der Waals surface area contributed by atoms with Crippen LogP contribution in [0, 0.1) is 17.8 Å². The number of nitrogens with zero attached hydrogens (tertiary/aromatic N) is 3. The summed E-state index contributed by atoms with van der Waals surface area (Å²) in [4.78, 5) is 31.0. The largest absolute Gasteiger partial charge is 0.496 e. The number of aliphatic hydroxyl groups is 1. The number of aliphatic hydroxyl groups excluding tert-OH is 1. The zero-order valence-electron chi connectivity index (χ0n) is 20.7. The average Bonchev–Trinajstić information content (AvgIpc) is 3.40. The number of carbonyl (C=O) groups excluding carboxylic acids is 1. The normalized spacial score (nSPS) is 26.4. The molecule has 4 atom stereocenters. The summed E-state index contributed by atoms with van der Waals surface area (Å²) in [5.41, 5.74) is 2.24. The molecule has 1 aromatic heterocycles. The zero-order chi connectivity index (χ0) is 24.7. The van der Waals surface area contributed by atoms with Gasteiger partial charge in [0, 0.05) is 70.1 Å². The minimum absolute atomic E-state index is 0.00522. The molecule has 0 spiro atoms. The second kappa shape index (κ2) is 9.76. The summed E-state index contributed by atoms with van der Waals surface area (Å²) in [6, 6.07) is 11.0. The molecular weight excluding hydrogens is 446 g/mol. The molecule has 0 saturated carbocycles. The van der Waals surface area contributed by atoms with Crippen LogP contribution in [0.2, 0.25) is 0 Å². The van der Waals surface area contributed by atoms with Crippen LogP contribution in [0.1, 0.15) is 24.6 Å². The maximum Gasteiger partial charge on any atom is 0.258 e. The lowest BCUT2D eigenvalue weighted by molar-refractivity contribution is -0.136. The van der Waals surface area contributed by atoms with Crippen LogP contribution in [-0.4, -0.2) is 79.0 Å². The van der Waals surface area contributed by atoms with Gasteiger partial charge >= 0.3 is 0 Å². The Morgan fingerprint density at radius 2 is 1.89 bits per heavy atom. The second-order valence-electron chi connectivity index (χ2n) is 10.2. The first-order valence-corrected chi connectivity index (χ1v) is 12.5. The summed E-state index contributed by atoms with van der Waals surface area (Å²) in [5.74, 6) is 0.866. The minimum Gasteiger partial charge on any atom is -0.496 e. The van der Waals surface area contributed by atoms with Crippen LogP contribution in [0.4, 0.5) is 0 Å². The van der Waals surface area contributed by atoms with Crippen LogP contribution in [0.5, 0.6) is 5.75 Å². The van der Waals surface area contributed by atoms with Crippen LogP contribution in [0.15, 0.2) is 41.2 Å². The van der Waals surface area contributed by atoms with Crippen LogP contribution in [0.25, 0.3) is 11.1 Å². The number of likely N-dealkylation sites (N-methyl/N-ethyl adjacent to an activating group) is 1. The van der Waals surface area contributed by atoms with Crippen LogP contribution < -0.4 is 10.3 Å². The molecule has 2 saturated heterocycles. The van der Waals surface area contributed by atoms with Crippen molar-refractivity contribution in [3.05, 3.63) is 52.4 Å². The number of aromatic nitrogens is 1. The minimum atomic E-state index is -0.398. The van der Waals surface area contributed by atoms with Gasteiger partial charge in [-0.3, -0.25) is 14.5 Å². The Labute approximate surface area is 206 Å². The Kier molecular flexibility index (Phi) is 6.70. The number of fused-ring (bicyclic) bond motifs is 3. The molecule has 8 nitrogen and oxygen atoms in total. The van der Waals surface area contributed by atoms with E-state index in [-0.39, 0.29) is 36.0 Å². The molecule has 1 N–H and O–H groups in total. The molecule has 1 aromatic carbocycles. The van der Waals surface area contributed by atoms with Crippen molar-refractivity contribution in [3.8, 4) is 16.9 Å². The summed E-state index contributed by atoms with van der Waals surface area (Å²) in [5, 5.41) is 10.5. The SMILES string of the molecule is COc1ccccc1-c1ccc2n(c1=O)C[C@H]1[C@H](CO)[C@@H](C(=O)N(C)C)N(CC3CCOCC3)[C@@H]21. The first kappa shape index (κ1) is 24.0. The number of likely N-dealkylation sites (tertiary alicyclic amines) is 1. The highest BCUT2D eigenvalue weighted by Gasteiger charge is 2.56. The number of benzene rings is 1. The second-order valence-corrected chi connectivity index (χ2v) is 10.2. The van der Waals surface area contributed by atoms with Gasteiger partial charge in [0.15, 0.2) is 0 Å². The number of hydrogen-bond acceptors (Lipinski definition) is 6. The average molecular weight is 482 g/mol. The first-order valence-electron chi connectivity index (χ1n) is 12.5. The highest BCUT2D eigenvalue weighted by molar-refractivity contribution is 5.82. The number of pyridine rings is 1. The lowest BCUT2D eigenvalue weighted by atomic mass is 9.88. The Balaban J connectivity index is 1.57.